The van der Waals surface area contributed by atoms with E-state index in [2.05, 4.69) is 54.3 Å². The molecule has 0 aromatic heterocycles. The fourth-order valence-electron chi connectivity index (χ4n) is 14.3. The number of unbranched alkanes of at least 4 members (excludes halogenated alkanes) is 5. The van der Waals surface area contributed by atoms with Crippen LogP contribution in [0.1, 0.15) is 176 Å². The Bertz CT molecular complexity index is 2760. The fourth-order valence-corrected chi connectivity index (χ4v) is 14.3. The second-order valence-electron chi connectivity index (χ2n) is 25.0. The molecule has 7 N–H and O–H groups in total. The maximum Gasteiger partial charge on any atom is 0.246 e. The Morgan fingerprint density at radius 2 is 1.10 bits per heavy atom. The summed E-state index contributed by atoms with van der Waals surface area (Å²) in [4.78, 5) is 103. The van der Waals surface area contributed by atoms with Gasteiger partial charge in [0.1, 0.15) is 12.1 Å². The van der Waals surface area contributed by atoms with Gasteiger partial charge in [-0.3, -0.25) is 38.5 Å². The van der Waals surface area contributed by atoms with E-state index in [4.69, 9.17) is 0 Å². The minimum absolute atomic E-state index is 0.0151. The quantitative estimate of drug-likeness (QED) is 0.0225. The van der Waals surface area contributed by atoms with E-state index in [-0.39, 0.29) is 96.0 Å². The molecule has 4 aromatic carbocycles. The van der Waals surface area contributed by atoms with Gasteiger partial charge in [-0.1, -0.05) is 161 Å². The number of hydrogen-bond acceptors (Lipinski definition) is 11. The lowest BCUT2D eigenvalue weighted by Gasteiger charge is -2.34. The van der Waals surface area contributed by atoms with E-state index in [1.165, 1.54) is 5.56 Å². The highest BCUT2D eigenvalue weighted by molar-refractivity contribution is 5.95. The molecule has 0 bridgehead atoms. The molecule has 470 valence electrons. The Labute approximate surface area is 517 Å². The van der Waals surface area contributed by atoms with Gasteiger partial charge in [0.15, 0.2) is 11.6 Å². The van der Waals surface area contributed by atoms with Crippen molar-refractivity contribution in [1.82, 2.24) is 47.0 Å². The standard InChI is InChI=1S/C71H99N9O7/c1-5-58(72-3)68(84)76-60-48-79-55(37-35-52(60)43-44-74-46-49-25-15-11-16-26-49)39-42-62(79)70(86)77-66(53-31-21-14-22-32-53)63(81)33-23-9-7-8-10-24-34-65(83)75-47-54-36-38-56-40-41-61(80(56)71(87)67(54)78-69(85)59(6-2)73-4)64(82)45-57(50-27-17-12-18-28-50)51-29-19-13-20-30-51/h11-22,25-32,52,54-62,66-67,72-74H,5-10,23-24,33-48H2,1-4H3,(H,75,83)(H,76,84)(H,77,86)(H,78,85)/t52-,54-,55+,56+,58+,59+,60-,61+,62+,66+,67+/m1/s1. The first-order valence-electron chi connectivity index (χ1n) is 33.0. The number of amides is 5. The van der Waals surface area contributed by atoms with Crippen LogP contribution in [-0.2, 0) is 40.1 Å². The first-order valence-corrected chi connectivity index (χ1v) is 33.0. The maximum absolute atomic E-state index is 14.9. The Hall–Kier alpha value is -6.59. The third-order valence-corrected chi connectivity index (χ3v) is 19.4. The number of rotatable bonds is 33. The predicted octanol–water partition coefficient (Wildman–Crippen LogP) is 8.60. The average Bonchev–Trinajstić information content (AvgIpc) is 2.12. The third kappa shape index (κ3) is 18.5. The number of fused-ring (bicyclic) bond motifs is 2. The van der Waals surface area contributed by atoms with Crippen LogP contribution in [0, 0.1) is 11.8 Å². The minimum Gasteiger partial charge on any atom is -0.356 e. The van der Waals surface area contributed by atoms with Crippen LogP contribution >= 0.6 is 0 Å². The molecular weight excluding hydrogens is 1090 g/mol. The summed E-state index contributed by atoms with van der Waals surface area (Å²) >= 11 is 0. The zero-order chi connectivity index (χ0) is 61.5. The van der Waals surface area contributed by atoms with E-state index in [0.717, 1.165) is 81.1 Å². The Balaban J connectivity index is 0.797. The molecule has 16 nitrogen and oxygen atoms in total. The van der Waals surface area contributed by atoms with Gasteiger partial charge in [0.25, 0.3) is 0 Å². The molecule has 0 saturated carbocycles. The SMILES string of the molecule is CC[C@H](NC)C(=O)N[C@@H]1C(=O)N2[C@@H](CC[C@@H]1CNC(=O)CCCCCCCCC(=O)[C@@H](NC(=O)[C@@H]1CC[C@@H]3CC[C@H](CCNCc4ccccc4)[C@H](NC(=O)[C@H](CC)NC)CN31)c1ccccc1)CC[C@H]2C(=O)CC(c1ccccc1)c1ccccc1. The highest BCUT2D eigenvalue weighted by Crippen LogP contribution is 2.38. The number of Topliss-reactive ketones (excluding diaryl/α,β-unsaturated/α-hetero) is 2. The number of nitrogens with zero attached hydrogens (tertiary/aromatic N) is 2. The molecule has 4 aliphatic rings. The zero-order valence-electron chi connectivity index (χ0n) is 52.2. The summed E-state index contributed by atoms with van der Waals surface area (Å²) in [6.45, 7) is 6.33. The van der Waals surface area contributed by atoms with E-state index < -0.39 is 30.2 Å². The number of benzene rings is 4. The third-order valence-electron chi connectivity index (χ3n) is 19.4. The normalized spacial score (nSPS) is 23.1. The van der Waals surface area contributed by atoms with Crippen molar-refractivity contribution in [2.75, 3.05) is 33.7 Å². The lowest BCUT2D eigenvalue weighted by Crippen LogP contribution is -2.58. The number of nitrogens with one attached hydrogen (secondary N) is 7. The number of carbonyl (C=O) groups excluding carboxylic acids is 7. The van der Waals surface area contributed by atoms with E-state index in [1.807, 2.05) is 130 Å². The van der Waals surface area contributed by atoms with Gasteiger partial charge in [0.05, 0.1) is 24.2 Å². The molecule has 0 aliphatic carbocycles. The van der Waals surface area contributed by atoms with Gasteiger partial charge in [0.2, 0.25) is 29.5 Å². The summed E-state index contributed by atoms with van der Waals surface area (Å²) in [6, 6.07) is 36.5. The number of carbonyl (C=O) groups is 7. The molecule has 11 atom stereocenters. The van der Waals surface area contributed by atoms with Crippen LogP contribution < -0.4 is 37.2 Å². The van der Waals surface area contributed by atoms with Gasteiger partial charge in [-0.25, -0.2) is 0 Å². The predicted molar refractivity (Wildman–Crippen MR) is 342 cm³/mol. The first-order chi connectivity index (χ1) is 42.4. The molecule has 0 spiro atoms. The molecule has 0 unspecified atom stereocenters. The van der Waals surface area contributed by atoms with Crippen LogP contribution in [0.3, 0.4) is 0 Å². The van der Waals surface area contributed by atoms with Crippen LogP contribution in [0.5, 0.6) is 0 Å². The van der Waals surface area contributed by atoms with Gasteiger partial charge < -0.3 is 42.1 Å². The number of hydrogen-bond donors (Lipinski definition) is 7. The minimum atomic E-state index is -0.896. The molecule has 4 aromatic rings. The van der Waals surface area contributed by atoms with E-state index in [9.17, 15) is 33.6 Å². The van der Waals surface area contributed by atoms with Crippen molar-refractivity contribution in [3.63, 3.8) is 0 Å². The largest absolute Gasteiger partial charge is 0.356 e. The van der Waals surface area contributed by atoms with Gasteiger partial charge in [0, 0.05) is 68.9 Å². The van der Waals surface area contributed by atoms with E-state index >= 15 is 0 Å². The van der Waals surface area contributed by atoms with E-state index in [0.29, 0.717) is 77.2 Å². The van der Waals surface area contributed by atoms with Crippen molar-refractivity contribution in [1.29, 1.82) is 0 Å². The van der Waals surface area contributed by atoms with Gasteiger partial charge in [-0.05, 0) is 132 Å². The summed E-state index contributed by atoms with van der Waals surface area (Å²) in [5.74, 6) is -1.06. The van der Waals surface area contributed by atoms with Crippen molar-refractivity contribution in [2.45, 2.75) is 209 Å². The van der Waals surface area contributed by atoms with Crippen molar-refractivity contribution in [2.24, 2.45) is 11.8 Å². The first kappa shape index (κ1) is 66.4. The Morgan fingerprint density at radius 1 is 0.575 bits per heavy atom. The maximum atomic E-state index is 14.9. The molecule has 5 amide bonds. The van der Waals surface area contributed by atoms with Crippen LogP contribution in [0.2, 0.25) is 0 Å². The van der Waals surface area contributed by atoms with Gasteiger partial charge in [-0.2, -0.15) is 0 Å². The Kier molecular flexibility index (Phi) is 26.1. The zero-order valence-corrected chi connectivity index (χ0v) is 52.2. The molecule has 4 saturated heterocycles. The topological polar surface area (TPSA) is 210 Å². The van der Waals surface area contributed by atoms with Gasteiger partial charge >= 0.3 is 0 Å². The lowest BCUT2D eigenvalue weighted by molar-refractivity contribution is -0.143. The van der Waals surface area contributed by atoms with Crippen molar-refractivity contribution >= 4 is 41.1 Å². The second-order valence-corrected chi connectivity index (χ2v) is 25.0. The van der Waals surface area contributed by atoms with Crippen molar-refractivity contribution in [3.05, 3.63) is 144 Å². The smallest absolute Gasteiger partial charge is 0.246 e. The molecule has 16 heteroatoms. The molecule has 4 aliphatic heterocycles. The van der Waals surface area contributed by atoms with Crippen molar-refractivity contribution < 1.29 is 33.6 Å². The van der Waals surface area contributed by atoms with Crippen LogP contribution in [0.25, 0.3) is 0 Å². The highest BCUT2D eigenvalue weighted by Gasteiger charge is 2.48. The molecule has 4 heterocycles. The Morgan fingerprint density at radius 3 is 1.72 bits per heavy atom. The molecular formula is C71H99N9O7. The van der Waals surface area contributed by atoms with Crippen LogP contribution in [0.4, 0.5) is 0 Å². The number of ketones is 2. The van der Waals surface area contributed by atoms with Crippen LogP contribution in [-0.4, -0.2) is 133 Å². The fraction of sp³-hybridized carbons (Fsp3) is 0.563. The average molecular weight is 1190 g/mol. The summed E-state index contributed by atoms with van der Waals surface area (Å²) < 4.78 is 0. The summed E-state index contributed by atoms with van der Waals surface area (Å²) in [7, 11) is 3.54. The number of likely N-dealkylation sites (N-methyl/N-ethyl adjacent to an activating group) is 2. The monoisotopic (exact) mass is 1190 g/mol. The van der Waals surface area contributed by atoms with Crippen LogP contribution in [0.15, 0.2) is 121 Å². The van der Waals surface area contributed by atoms with Crippen molar-refractivity contribution in [3.8, 4) is 0 Å². The van der Waals surface area contributed by atoms with Gasteiger partial charge in [-0.15, -0.1) is 0 Å². The lowest BCUT2D eigenvalue weighted by atomic mass is 9.85. The molecule has 87 heavy (non-hydrogen) atoms. The summed E-state index contributed by atoms with van der Waals surface area (Å²) in [6.07, 6.45) is 13.9. The summed E-state index contributed by atoms with van der Waals surface area (Å²) in [5.41, 5.74) is 4.09. The van der Waals surface area contributed by atoms with E-state index in [1.54, 1.807) is 11.9 Å². The molecule has 4 fully saturated rings. The second kappa shape index (κ2) is 34.2. The molecule has 8 rings (SSSR count). The highest BCUT2D eigenvalue weighted by atomic mass is 16.2. The molecule has 0 radical (unpaired) electrons. The summed E-state index contributed by atoms with van der Waals surface area (Å²) in [5, 5.41) is 22.7.